The van der Waals surface area contributed by atoms with Crippen molar-refractivity contribution in [2.24, 2.45) is 11.8 Å². The van der Waals surface area contributed by atoms with Gasteiger partial charge in [0.1, 0.15) is 5.82 Å². The maximum absolute atomic E-state index is 11.7. The summed E-state index contributed by atoms with van der Waals surface area (Å²) in [5.74, 6) is 1.47. The van der Waals surface area contributed by atoms with Crippen LogP contribution in [0, 0.1) is 17.9 Å². The molecule has 0 aliphatic carbocycles. The summed E-state index contributed by atoms with van der Waals surface area (Å²) in [7, 11) is 0. The molecule has 0 unspecified atom stereocenters. The van der Waals surface area contributed by atoms with Gasteiger partial charge in [0, 0.05) is 61.0 Å². The zero-order chi connectivity index (χ0) is 39.6. The molecule has 8 rings (SSSR count). The van der Waals surface area contributed by atoms with E-state index in [0.717, 1.165) is 70.4 Å². The molecule has 5 aromatic carbocycles. The Labute approximate surface area is 351 Å². The van der Waals surface area contributed by atoms with E-state index in [-0.39, 0.29) is 48.9 Å². The number of aromatic nitrogens is 3. The van der Waals surface area contributed by atoms with Gasteiger partial charge in [0.05, 0.1) is 22.5 Å². The van der Waals surface area contributed by atoms with E-state index < -0.39 is 0 Å². The minimum absolute atomic E-state index is 0. The van der Waals surface area contributed by atoms with Gasteiger partial charge < -0.3 is 5.11 Å². The number of carbonyl (C=O) groups is 1. The van der Waals surface area contributed by atoms with Crippen molar-refractivity contribution in [1.82, 2.24) is 14.5 Å². The van der Waals surface area contributed by atoms with Gasteiger partial charge in [0.25, 0.3) is 0 Å². The number of para-hydroxylation sites is 1. The van der Waals surface area contributed by atoms with Gasteiger partial charge in [-0.3, -0.25) is 14.3 Å². The van der Waals surface area contributed by atoms with E-state index in [0.29, 0.717) is 0 Å². The third kappa shape index (κ3) is 8.04. The molecule has 0 saturated heterocycles. The number of imidazole rings is 1. The molecule has 3 heterocycles. The fourth-order valence-corrected chi connectivity index (χ4v) is 8.15. The van der Waals surface area contributed by atoms with Crippen LogP contribution in [0.5, 0.6) is 0 Å². The number of hydrogen-bond acceptors (Lipinski definition) is 4. The van der Waals surface area contributed by atoms with E-state index in [9.17, 15) is 9.90 Å². The van der Waals surface area contributed by atoms with Crippen LogP contribution in [0.2, 0.25) is 0 Å². The molecule has 1 aliphatic heterocycles. The number of ketones is 1. The molecular weight excluding hydrogens is 879 g/mol. The standard InChI is InChI=1S/C38H28N3.C13H24O2.Ir/c1-38(2,3)32-23-25(22-24-12-4-5-13-26(24)32)35-36-34(20-21-39-35)41-33-19-11-10-17-30(33)28-15-7-6-14-27(28)29-16-8-9-18-31(29)37(41)40-36;1-5-10(6-2)12(14)9-13(15)11(7-3)8-4;/h4-21,23H,1-3H3;9-11,14H,5-8H2,1-4H3;/q-1;;/b;12-9-;. The van der Waals surface area contributed by atoms with E-state index in [4.69, 9.17) is 9.97 Å². The van der Waals surface area contributed by atoms with Gasteiger partial charge in [-0.2, -0.15) is 0 Å². The van der Waals surface area contributed by atoms with Crippen LogP contribution in [-0.4, -0.2) is 25.4 Å². The van der Waals surface area contributed by atoms with E-state index in [1.54, 1.807) is 0 Å². The average molecular weight is 931 g/mol. The number of pyridine rings is 1. The number of aliphatic hydroxyl groups excluding tert-OH is 1. The zero-order valence-corrected chi connectivity index (χ0v) is 36.5. The van der Waals surface area contributed by atoms with Crippen molar-refractivity contribution in [2.75, 3.05) is 0 Å². The molecule has 5 nitrogen and oxygen atoms in total. The van der Waals surface area contributed by atoms with Gasteiger partial charge in [-0.1, -0.05) is 144 Å². The monoisotopic (exact) mass is 931 g/mol. The second kappa shape index (κ2) is 17.5. The van der Waals surface area contributed by atoms with Crippen LogP contribution in [0.15, 0.2) is 127 Å². The fourth-order valence-electron chi connectivity index (χ4n) is 8.15. The summed E-state index contributed by atoms with van der Waals surface area (Å²) in [4.78, 5) is 22.1. The number of allylic oxidation sites excluding steroid dienone is 2. The maximum Gasteiger partial charge on any atom is 0.162 e. The SMILES string of the molecule is CC(C)(C)c1cc(-c2nccc3c2nc2n3-c3ccccc3-c3ccccc3-c3ccccc3-2)[c-]c2ccccc12.CCC(CC)C(=O)/C=C(\O)C(CC)CC.[Ir]. The molecule has 2 aromatic heterocycles. The van der Waals surface area contributed by atoms with Crippen molar-refractivity contribution in [2.45, 2.75) is 79.6 Å². The molecular formula is C51H52IrN3O2-. The number of aliphatic hydroxyl groups is 1. The number of hydrogen-bond donors (Lipinski definition) is 1. The molecule has 0 atom stereocenters. The first-order chi connectivity index (χ1) is 27.1. The van der Waals surface area contributed by atoms with Crippen LogP contribution in [-0.2, 0) is 30.3 Å². The van der Waals surface area contributed by atoms with Crippen molar-refractivity contribution in [3.63, 3.8) is 0 Å². The molecule has 1 radical (unpaired) electrons. The van der Waals surface area contributed by atoms with Crippen LogP contribution in [0.3, 0.4) is 0 Å². The number of carbonyl (C=O) groups excluding carboxylic acids is 1. The zero-order valence-electron chi connectivity index (χ0n) is 34.1. The fraction of sp³-hybridized carbons (Fsp3) is 0.275. The Morgan fingerprint density at radius 2 is 1.28 bits per heavy atom. The number of nitrogens with zero attached hydrogens (tertiary/aromatic N) is 3. The molecule has 0 amide bonds. The average Bonchev–Trinajstić information content (AvgIpc) is 3.60. The van der Waals surface area contributed by atoms with E-state index in [1.165, 1.54) is 39.3 Å². The summed E-state index contributed by atoms with van der Waals surface area (Å²) in [6, 6.07) is 42.5. The first kappa shape index (κ1) is 41.5. The van der Waals surface area contributed by atoms with Crippen LogP contribution in [0.25, 0.3) is 72.4 Å². The molecule has 0 saturated carbocycles. The van der Waals surface area contributed by atoms with E-state index in [1.807, 2.05) is 33.9 Å². The first-order valence-electron chi connectivity index (χ1n) is 20.2. The minimum atomic E-state index is -0.0374. The number of fused-ring (bicyclic) bond motifs is 11. The van der Waals surface area contributed by atoms with Crippen molar-refractivity contribution in [3.05, 3.63) is 139 Å². The predicted octanol–water partition coefficient (Wildman–Crippen LogP) is 13.5. The quantitative estimate of drug-likeness (QED) is 0.0936. The van der Waals surface area contributed by atoms with E-state index >= 15 is 0 Å². The van der Waals surface area contributed by atoms with Crippen molar-refractivity contribution >= 4 is 27.6 Å². The maximum atomic E-state index is 11.7. The van der Waals surface area contributed by atoms with Crippen LogP contribution in [0.1, 0.15) is 79.7 Å². The normalized spacial score (nSPS) is 12.1. The third-order valence-corrected chi connectivity index (χ3v) is 11.3. The Morgan fingerprint density at radius 1 is 0.737 bits per heavy atom. The first-order valence-corrected chi connectivity index (χ1v) is 20.2. The van der Waals surface area contributed by atoms with Crippen molar-refractivity contribution < 1.29 is 30.0 Å². The molecule has 0 spiro atoms. The summed E-state index contributed by atoms with van der Waals surface area (Å²) >= 11 is 0. The van der Waals surface area contributed by atoms with Crippen molar-refractivity contribution in [1.29, 1.82) is 0 Å². The van der Waals surface area contributed by atoms with Gasteiger partial charge in [-0.15, -0.1) is 29.1 Å². The molecule has 6 heteroatoms. The van der Waals surface area contributed by atoms with Crippen molar-refractivity contribution in [3.8, 4) is 50.6 Å². The smallest absolute Gasteiger partial charge is 0.162 e. The van der Waals surface area contributed by atoms with Crippen LogP contribution < -0.4 is 0 Å². The van der Waals surface area contributed by atoms with E-state index in [2.05, 4.69) is 141 Å². The summed E-state index contributed by atoms with van der Waals surface area (Å²) in [5, 5.41) is 12.1. The molecule has 7 aromatic rings. The second-order valence-corrected chi connectivity index (χ2v) is 15.8. The molecule has 1 N–H and O–H groups in total. The summed E-state index contributed by atoms with van der Waals surface area (Å²) in [5.41, 5.74) is 12.0. The Hall–Kier alpha value is -5.16. The Kier molecular flexibility index (Phi) is 12.8. The summed E-state index contributed by atoms with van der Waals surface area (Å²) in [6.07, 6.45) is 6.82. The van der Waals surface area contributed by atoms with Crippen LogP contribution in [0.4, 0.5) is 0 Å². The predicted molar refractivity (Wildman–Crippen MR) is 233 cm³/mol. The number of benzene rings is 5. The minimum Gasteiger partial charge on any atom is -0.512 e. The Morgan fingerprint density at radius 3 is 1.91 bits per heavy atom. The second-order valence-electron chi connectivity index (χ2n) is 15.8. The topological polar surface area (TPSA) is 68.0 Å². The van der Waals surface area contributed by atoms with Gasteiger partial charge in [-0.05, 0) is 59.9 Å². The van der Waals surface area contributed by atoms with Gasteiger partial charge in [0.2, 0.25) is 0 Å². The van der Waals surface area contributed by atoms with Gasteiger partial charge in [-0.25, -0.2) is 4.98 Å². The molecule has 0 fully saturated rings. The number of rotatable bonds is 8. The molecule has 1 aliphatic rings. The summed E-state index contributed by atoms with van der Waals surface area (Å²) in [6.45, 7) is 14.9. The summed E-state index contributed by atoms with van der Waals surface area (Å²) < 4.78 is 2.32. The Bertz CT molecular complexity index is 2570. The molecule has 57 heavy (non-hydrogen) atoms. The molecule has 0 bridgehead atoms. The van der Waals surface area contributed by atoms with Gasteiger partial charge >= 0.3 is 0 Å². The van der Waals surface area contributed by atoms with Crippen LogP contribution >= 0.6 is 0 Å². The van der Waals surface area contributed by atoms with Gasteiger partial charge in [0.15, 0.2) is 5.78 Å². The molecule has 293 valence electrons. The Balaban J connectivity index is 0.000000295. The third-order valence-electron chi connectivity index (χ3n) is 11.3. The largest absolute Gasteiger partial charge is 0.512 e.